The number of anilines is 2. The van der Waals surface area contributed by atoms with Crippen molar-refractivity contribution in [3.05, 3.63) is 22.7 Å². The number of nitrogen functional groups attached to an aromatic ring is 1. The number of nitrogens with two attached hydrogens (primary N) is 1. The number of hydrogen-bond donors (Lipinski definition) is 1. The Morgan fingerprint density at radius 2 is 1.73 bits per heavy atom. The van der Waals surface area contributed by atoms with E-state index in [9.17, 15) is 0 Å². The second-order valence-electron chi connectivity index (χ2n) is 4.11. The normalized spacial score (nSPS) is 17.5. The molecule has 0 aromatic heterocycles. The molecule has 15 heavy (non-hydrogen) atoms. The first-order valence-corrected chi connectivity index (χ1v) is 6.36. The van der Waals surface area contributed by atoms with Gasteiger partial charge in [0.25, 0.3) is 0 Å². The molecule has 0 unspecified atom stereocenters. The summed E-state index contributed by atoms with van der Waals surface area (Å²) in [7, 11) is 0. The van der Waals surface area contributed by atoms with Gasteiger partial charge in [0.15, 0.2) is 0 Å². The molecule has 0 amide bonds. The van der Waals surface area contributed by atoms with Gasteiger partial charge in [-0.2, -0.15) is 0 Å². The highest BCUT2D eigenvalue weighted by atomic mass is 79.9. The highest BCUT2D eigenvalue weighted by Crippen LogP contribution is 2.30. The molecule has 0 atom stereocenters. The highest BCUT2D eigenvalue weighted by molar-refractivity contribution is 9.10. The van der Waals surface area contributed by atoms with Crippen molar-refractivity contribution < 1.29 is 0 Å². The lowest BCUT2D eigenvalue weighted by molar-refractivity contribution is 0.726. The summed E-state index contributed by atoms with van der Waals surface area (Å²) in [6.07, 6.45) is 5.30. The first-order chi connectivity index (χ1) is 7.27. The Kier molecular flexibility index (Phi) is 3.52. The molecule has 1 aromatic rings. The molecule has 2 N–H and O–H groups in total. The van der Waals surface area contributed by atoms with Crippen LogP contribution in [0.25, 0.3) is 0 Å². The molecule has 0 spiro atoms. The van der Waals surface area contributed by atoms with Crippen molar-refractivity contribution in [3.8, 4) is 0 Å². The average molecular weight is 269 g/mol. The number of hydrogen-bond acceptors (Lipinski definition) is 2. The molecule has 0 aliphatic carbocycles. The van der Waals surface area contributed by atoms with Gasteiger partial charge in [0.1, 0.15) is 0 Å². The van der Waals surface area contributed by atoms with Gasteiger partial charge in [0.05, 0.1) is 5.69 Å². The first kappa shape index (κ1) is 10.8. The van der Waals surface area contributed by atoms with Crippen molar-refractivity contribution in [2.45, 2.75) is 25.7 Å². The molecule has 1 heterocycles. The van der Waals surface area contributed by atoms with E-state index in [1.54, 1.807) is 0 Å². The molecule has 3 heteroatoms. The van der Waals surface area contributed by atoms with Crippen molar-refractivity contribution in [1.82, 2.24) is 0 Å². The van der Waals surface area contributed by atoms with Crippen LogP contribution in [0.1, 0.15) is 25.7 Å². The fourth-order valence-electron chi connectivity index (χ4n) is 2.08. The van der Waals surface area contributed by atoms with Crippen LogP contribution in [0.2, 0.25) is 0 Å². The molecule has 1 aliphatic rings. The van der Waals surface area contributed by atoms with Gasteiger partial charge in [-0.25, -0.2) is 0 Å². The van der Waals surface area contributed by atoms with E-state index < -0.39 is 0 Å². The Morgan fingerprint density at radius 3 is 2.40 bits per heavy atom. The molecule has 2 nitrogen and oxygen atoms in total. The van der Waals surface area contributed by atoms with E-state index >= 15 is 0 Å². The molecule has 2 rings (SSSR count). The Balaban J connectivity index is 2.22. The van der Waals surface area contributed by atoms with E-state index in [1.807, 2.05) is 12.1 Å². The summed E-state index contributed by atoms with van der Waals surface area (Å²) in [5.41, 5.74) is 7.92. The van der Waals surface area contributed by atoms with Crippen molar-refractivity contribution >= 4 is 27.3 Å². The molecule has 82 valence electrons. The zero-order chi connectivity index (χ0) is 10.7. The zero-order valence-electron chi connectivity index (χ0n) is 8.88. The van der Waals surface area contributed by atoms with Gasteiger partial charge in [0, 0.05) is 23.2 Å². The van der Waals surface area contributed by atoms with E-state index in [4.69, 9.17) is 5.73 Å². The molecule has 0 radical (unpaired) electrons. The minimum absolute atomic E-state index is 0.845. The smallest absolute Gasteiger partial charge is 0.0531 e. The summed E-state index contributed by atoms with van der Waals surface area (Å²) < 4.78 is 1.15. The van der Waals surface area contributed by atoms with Crippen molar-refractivity contribution in [3.63, 3.8) is 0 Å². The lowest BCUT2D eigenvalue weighted by Crippen LogP contribution is -2.24. The van der Waals surface area contributed by atoms with Crippen molar-refractivity contribution in [2.75, 3.05) is 23.7 Å². The fourth-order valence-corrected chi connectivity index (χ4v) is 2.58. The second kappa shape index (κ2) is 4.88. The standard InChI is InChI=1S/C12H17BrN2/c13-11-6-5-10(14)9-12(11)15-7-3-1-2-4-8-15/h5-6,9H,1-4,7-8,14H2. The maximum Gasteiger partial charge on any atom is 0.0531 e. The van der Waals surface area contributed by atoms with Crippen molar-refractivity contribution in [1.29, 1.82) is 0 Å². The van der Waals surface area contributed by atoms with Crippen LogP contribution in [0.3, 0.4) is 0 Å². The monoisotopic (exact) mass is 268 g/mol. The van der Waals surface area contributed by atoms with Crippen LogP contribution in [0.15, 0.2) is 22.7 Å². The third-order valence-corrected chi connectivity index (χ3v) is 3.59. The van der Waals surface area contributed by atoms with Crippen molar-refractivity contribution in [2.24, 2.45) is 0 Å². The maximum absolute atomic E-state index is 5.83. The summed E-state index contributed by atoms with van der Waals surface area (Å²) in [6.45, 7) is 2.31. The van der Waals surface area contributed by atoms with Gasteiger partial charge in [-0.15, -0.1) is 0 Å². The van der Waals surface area contributed by atoms with Gasteiger partial charge in [-0.05, 0) is 47.0 Å². The predicted molar refractivity (Wildman–Crippen MR) is 69.2 cm³/mol. The van der Waals surface area contributed by atoms with Crippen LogP contribution in [-0.2, 0) is 0 Å². The molecule has 0 saturated carbocycles. The summed E-state index contributed by atoms with van der Waals surface area (Å²) >= 11 is 3.59. The van der Waals surface area contributed by atoms with Crippen LogP contribution in [-0.4, -0.2) is 13.1 Å². The van der Waals surface area contributed by atoms with E-state index in [1.165, 1.54) is 31.4 Å². The molecule has 1 aliphatic heterocycles. The lowest BCUT2D eigenvalue weighted by atomic mass is 10.2. The number of benzene rings is 1. The van der Waals surface area contributed by atoms with E-state index in [0.717, 1.165) is 23.2 Å². The summed E-state index contributed by atoms with van der Waals surface area (Å²) in [6, 6.07) is 6.04. The zero-order valence-corrected chi connectivity index (χ0v) is 10.5. The third-order valence-electron chi connectivity index (χ3n) is 2.92. The number of nitrogens with zero attached hydrogens (tertiary/aromatic N) is 1. The highest BCUT2D eigenvalue weighted by Gasteiger charge is 2.12. The van der Waals surface area contributed by atoms with Crippen LogP contribution in [0.5, 0.6) is 0 Å². The van der Waals surface area contributed by atoms with E-state index in [-0.39, 0.29) is 0 Å². The van der Waals surface area contributed by atoms with Crippen LogP contribution in [0, 0.1) is 0 Å². The topological polar surface area (TPSA) is 29.3 Å². The third kappa shape index (κ3) is 2.65. The molecule has 0 bridgehead atoms. The van der Waals surface area contributed by atoms with Gasteiger partial charge >= 0.3 is 0 Å². The quantitative estimate of drug-likeness (QED) is 0.791. The number of rotatable bonds is 1. The van der Waals surface area contributed by atoms with E-state index in [2.05, 4.69) is 26.9 Å². The molecule has 1 saturated heterocycles. The van der Waals surface area contributed by atoms with Crippen LogP contribution < -0.4 is 10.6 Å². The molecule has 1 fully saturated rings. The summed E-state index contributed by atoms with van der Waals surface area (Å²) in [5, 5.41) is 0. The van der Waals surface area contributed by atoms with Gasteiger partial charge < -0.3 is 10.6 Å². The van der Waals surface area contributed by atoms with Crippen LogP contribution in [0.4, 0.5) is 11.4 Å². The minimum Gasteiger partial charge on any atom is -0.399 e. The summed E-state index contributed by atoms with van der Waals surface area (Å²) in [4.78, 5) is 2.44. The maximum atomic E-state index is 5.83. The van der Waals surface area contributed by atoms with Crippen LogP contribution >= 0.6 is 15.9 Å². The van der Waals surface area contributed by atoms with Gasteiger partial charge in [-0.3, -0.25) is 0 Å². The minimum atomic E-state index is 0.845. The largest absolute Gasteiger partial charge is 0.399 e. The SMILES string of the molecule is Nc1ccc(Br)c(N2CCCCCC2)c1. The summed E-state index contributed by atoms with van der Waals surface area (Å²) in [5.74, 6) is 0. The Labute approximate surface area is 99.6 Å². The Hall–Kier alpha value is -0.700. The van der Waals surface area contributed by atoms with E-state index in [0.29, 0.717) is 0 Å². The average Bonchev–Trinajstić information content (AvgIpc) is 2.50. The lowest BCUT2D eigenvalue weighted by Gasteiger charge is -2.24. The predicted octanol–water partition coefficient (Wildman–Crippen LogP) is 3.41. The molecule has 1 aromatic carbocycles. The molecular formula is C12H17BrN2. The number of halogens is 1. The Morgan fingerprint density at radius 1 is 1.07 bits per heavy atom. The Bertz CT molecular complexity index is 330. The second-order valence-corrected chi connectivity index (χ2v) is 4.97. The molecular weight excluding hydrogens is 252 g/mol. The fraction of sp³-hybridized carbons (Fsp3) is 0.500. The van der Waals surface area contributed by atoms with Gasteiger partial charge in [-0.1, -0.05) is 12.8 Å². The van der Waals surface area contributed by atoms with Gasteiger partial charge in [0.2, 0.25) is 0 Å². The first-order valence-electron chi connectivity index (χ1n) is 5.57.